The molecule has 0 saturated heterocycles. The third kappa shape index (κ3) is 8.22. The van der Waals surface area contributed by atoms with Crippen molar-refractivity contribution in [3.63, 3.8) is 0 Å². The number of rotatable bonds is 8. The van der Waals surface area contributed by atoms with E-state index in [0.29, 0.717) is 6.61 Å². The van der Waals surface area contributed by atoms with Crippen molar-refractivity contribution in [2.45, 2.75) is 13.2 Å². The zero-order chi connectivity index (χ0) is 15.8. The molecule has 2 aromatic carbocycles. The van der Waals surface area contributed by atoms with E-state index in [4.69, 9.17) is 16.3 Å². The number of ether oxygens (including phenoxy) is 1. The minimum absolute atomic E-state index is 0. The van der Waals surface area contributed by atoms with Crippen molar-refractivity contribution in [2.75, 3.05) is 27.2 Å². The van der Waals surface area contributed by atoms with Gasteiger partial charge in [0.05, 0.1) is 0 Å². The van der Waals surface area contributed by atoms with Crippen LogP contribution in [0.1, 0.15) is 11.1 Å². The van der Waals surface area contributed by atoms with Crippen molar-refractivity contribution in [3.05, 3.63) is 64.7 Å². The van der Waals surface area contributed by atoms with Gasteiger partial charge in [-0.2, -0.15) is 0 Å². The van der Waals surface area contributed by atoms with Crippen LogP contribution in [0.4, 0.5) is 0 Å². The molecule has 0 fully saturated rings. The average molecular weight is 390 g/mol. The van der Waals surface area contributed by atoms with Gasteiger partial charge in [0.1, 0.15) is 12.4 Å². The fraction of sp³-hybridized carbons (Fsp3) is 0.333. The number of benzene rings is 2. The van der Waals surface area contributed by atoms with Crippen LogP contribution in [0.15, 0.2) is 48.5 Å². The lowest BCUT2D eigenvalue weighted by Gasteiger charge is -2.12. The molecule has 2 aromatic rings. The minimum Gasteiger partial charge on any atom is -1.00 e. The quantitative estimate of drug-likeness (QED) is 0.509. The van der Waals surface area contributed by atoms with Crippen molar-refractivity contribution in [3.8, 4) is 5.75 Å². The van der Waals surface area contributed by atoms with Gasteiger partial charge in [0.15, 0.2) is 0 Å². The Balaban J connectivity index is 0.00000264. The first-order chi connectivity index (χ1) is 10.6. The highest BCUT2D eigenvalue weighted by Crippen LogP contribution is 2.19. The summed E-state index contributed by atoms with van der Waals surface area (Å²) in [6, 6.07) is 15.9. The molecular formula is C18H23Cl3N2O-2. The number of hydrogen-bond donors (Lipinski definition) is 1. The van der Waals surface area contributed by atoms with E-state index in [0.717, 1.165) is 36.0 Å². The summed E-state index contributed by atoms with van der Waals surface area (Å²) >= 11 is 6.14. The van der Waals surface area contributed by atoms with Crippen LogP contribution in [0.2, 0.25) is 5.02 Å². The summed E-state index contributed by atoms with van der Waals surface area (Å²) in [6.07, 6.45) is 0. The summed E-state index contributed by atoms with van der Waals surface area (Å²) in [6.45, 7) is 3.33. The van der Waals surface area contributed by atoms with Crippen LogP contribution in [0.5, 0.6) is 5.75 Å². The van der Waals surface area contributed by atoms with Crippen molar-refractivity contribution in [2.24, 2.45) is 0 Å². The van der Waals surface area contributed by atoms with Crippen LogP contribution in [0.3, 0.4) is 0 Å². The van der Waals surface area contributed by atoms with Gasteiger partial charge in [-0.3, -0.25) is 0 Å². The Morgan fingerprint density at radius 3 is 2.50 bits per heavy atom. The fourth-order valence-electron chi connectivity index (χ4n) is 2.06. The SMILES string of the molecule is CN(C)CCNCc1cccc(OCc2ccccc2Cl)c1.[Cl-].[Cl-]. The molecule has 0 aliphatic heterocycles. The Morgan fingerprint density at radius 2 is 1.79 bits per heavy atom. The van der Waals surface area contributed by atoms with E-state index < -0.39 is 0 Å². The Kier molecular flexibility index (Phi) is 11.9. The molecule has 0 aliphatic rings. The van der Waals surface area contributed by atoms with E-state index in [1.807, 2.05) is 36.4 Å². The van der Waals surface area contributed by atoms with E-state index in [2.05, 4.69) is 36.4 Å². The summed E-state index contributed by atoms with van der Waals surface area (Å²) in [5.41, 5.74) is 2.22. The van der Waals surface area contributed by atoms with Crippen molar-refractivity contribution >= 4 is 11.6 Å². The van der Waals surface area contributed by atoms with Gasteiger partial charge in [-0.1, -0.05) is 41.9 Å². The first kappa shape index (κ1) is 23.0. The zero-order valence-corrected chi connectivity index (χ0v) is 16.2. The average Bonchev–Trinajstić information content (AvgIpc) is 2.51. The van der Waals surface area contributed by atoms with Gasteiger partial charge in [0, 0.05) is 30.2 Å². The molecule has 2 rings (SSSR count). The molecule has 0 spiro atoms. The molecule has 6 heteroatoms. The van der Waals surface area contributed by atoms with Gasteiger partial charge in [-0.15, -0.1) is 0 Å². The molecule has 0 atom stereocenters. The maximum Gasteiger partial charge on any atom is 0.120 e. The lowest BCUT2D eigenvalue weighted by molar-refractivity contribution is -0.00100. The monoisotopic (exact) mass is 388 g/mol. The van der Waals surface area contributed by atoms with Gasteiger partial charge in [-0.25, -0.2) is 0 Å². The number of halogens is 3. The molecule has 0 saturated carbocycles. The van der Waals surface area contributed by atoms with E-state index >= 15 is 0 Å². The summed E-state index contributed by atoms with van der Waals surface area (Å²) < 4.78 is 5.84. The number of hydrogen-bond acceptors (Lipinski definition) is 3. The smallest absolute Gasteiger partial charge is 0.120 e. The first-order valence-corrected chi connectivity index (χ1v) is 7.83. The van der Waals surface area contributed by atoms with Crippen LogP contribution in [-0.4, -0.2) is 32.1 Å². The molecule has 0 amide bonds. The molecule has 0 aromatic heterocycles. The Morgan fingerprint density at radius 1 is 1.04 bits per heavy atom. The van der Waals surface area contributed by atoms with Gasteiger partial charge in [-0.05, 0) is 37.9 Å². The van der Waals surface area contributed by atoms with E-state index in [9.17, 15) is 0 Å². The lowest BCUT2D eigenvalue weighted by Crippen LogP contribution is -3.00. The number of nitrogens with zero attached hydrogens (tertiary/aromatic N) is 1. The molecule has 0 radical (unpaired) electrons. The molecule has 0 bridgehead atoms. The van der Waals surface area contributed by atoms with Gasteiger partial charge >= 0.3 is 0 Å². The van der Waals surface area contributed by atoms with E-state index in [1.165, 1.54) is 5.56 Å². The highest BCUT2D eigenvalue weighted by atomic mass is 35.5. The highest BCUT2D eigenvalue weighted by molar-refractivity contribution is 6.31. The maximum atomic E-state index is 6.14. The first-order valence-electron chi connectivity index (χ1n) is 7.46. The second-order valence-corrected chi connectivity index (χ2v) is 5.91. The van der Waals surface area contributed by atoms with Crippen molar-refractivity contribution < 1.29 is 29.6 Å². The predicted octanol–water partition coefficient (Wildman–Crippen LogP) is -2.42. The third-order valence-corrected chi connectivity index (χ3v) is 3.68. The number of likely N-dealkylation sites (N-methyl/N-ethyl adjacent to an activating group) is 1. The fourth-order valence-corrected chi connectivity index (χ4v) is 2.25. The molecule has 0 aliphatic carbocycles. The van der Waals surface area contributed by atoms with Crippen molar-refractivity contribution in [1.29, 1.82) is 0 Å². The summed E-state index contributed by atoms with van der Waals surface area (Å²) in [4.78, 5) is 2.16. The zero-order valence-electron chi connectivity index (χ0n) is 13.9. The molecule has 24 heavy (non-hydrogen) atoms. The predicted molar refractivity (Wildman–Crippen MR) is 92.5 cm³/mol. The van der Waals surface area contributed by atoms with Crippen LogP contribution in [0, 0.1) is 0 Å². The molecule has 3 nitrogen and oxygen atoms in total. The minimum atomic E-state index is 0. The van der Waals surface area contributed by atoms with Gasteiger partial charge in [0.2, 0.25) is 0 Å². The van der Waals surface area contributed by atoms with Crippen LogP contribution < -0.4 is 34.9 Å². The molecule has 0 heterocycles. The topological polar surface area (TPSA) is 24.5 Å². The second-order valence-electron chi connectivity index (χ2n) is 5.51. The highest BCUT2D eigenvalue weighted by Gasteiger charge is 2.01. The summed E-state index contributed by atoms with van der Waals surface area (Å²) in [5, 5.41) is 4.16. The van der Waals surface area contributed by atoms with E-state index in [-0.39, 0.29) is 24.8 Å². The van der Waals surface area contributed by atoms with Crippen LogP contribution >= 0.6 is 11.6 Å². The van der Waals surface area contributed by atoms with Crippen molar-refractivity contribution in [1.82, 2.24) is 10.2 Å². The Hall–Kier alpha value is -0.970. The molecule has 134 valence electrons. The molecular weight excluding hydrogens is 367 g/mol. The normalized spacial score (nSPS) is 10.0. The molecule has 1 N–H and O–H groups in total. The lowest BCUT2D eigenvalue weighted by atomic mass is 10.2. The summed E-state index contributed by atoms with van der Waals surface area (Å²) in [5.74, 6) is 0.867. The maximum absolute atomic E-state index is 6.14. The largest absolute Gasteiger partial charge is 1.00 e. The Bertz CT molecular complexity index is 594. The summed E-state index contributed by atoms with van der Waals surface area (Å²) in [7, 11) is 4.15. The third-order valence-electron chi connectivity index (χ3n) is 3.32. The standard InChI is InChI=1S/C18H23ClN2O.2ClH/c1-21(2)11-10-20-13-15-6-5-8-17(12-15)22-14-16-7-3-4-9-18(16)19;;/h3-9,12,20H,10-11,13-14H2,1-2H3;2*1H/p-2. The van der Waals surface area contributed by atoms with Crippen LogP contribution in [-0.2, 0) is 13.2 Å². The number of nitrogens with one attached hydrogen (secondary N) is 1. The van der Waals surface area contributed by atoms with Gasteiger partial charge < -0.3 is 39.8 Å². The van der Waals surface area contributed by atoms with Gasteiger partial charge in [0.25, 0.3) is 0 Å². The van der Waals surface area contributed by atoms with E-state index in [1.54, 1.807) is 0 Å². The Labute approximate surface area is 162 Å². The second kappa shape index (κ2) is 12.4. The van der Waals surface area contributed by atoms with Crippen LogP contribution in [0.25, 0.3) is 0 Å². The molecule has 0 unspecified atom stereocenters.